The molecule has 1 rings (SSSR count). The molecule has 0 aliphatic carbocycles. The van der Waals surface area contributed by atoms with Crippen molar-refractivity contribution in [2.75, 3.05) is 18.4 Å². The Bertz CT molecular complexity index is 305. The van der Waals surface area contributed by atoms with Crippen LogP contribution >= 0.6 is 0 Å². The second kappa shape index (κ2) is 5.76. The van der Waals surface area contributed by atoms with Crippen LogP contribution in [0, 0.1) is 12.8 Å². The van der Waals surface area contributed by atoms with Gasteiger partial charge in [-0.3, -0.25) is 0 Å². The summed E-state index contributed by atoms with van der Waals surface area (Å²) in [5.74, 6) is 0.685. The number of para-hydroxylation sites is 1. The Labute approximate surface area is 92.9 Å². The van der Waals surface area contributed by atoms with Gasteiger partial charge >= 0.3 is 0 Å². The molecule has 0 unspecified atom stereocenters. The molecule has 2 nitrogen and oxygen atoms in total. The van der Waals surface area contributed by atoms with Crippen molar-refractivity contribution in [1.82, 2.24) is 0 Å². The fraction of sp³-hybridized carbons (Fsp3) is 0.538. The molecule has 0 heterocycles. The maximum absolute atomic E-state index is 5.52. The normalized spacial score (nSPS) is 10.7. The second-order valence-electron chi connectivity index (χ2n) is 4.42. The van der Waals surface area contributed by atoms with Crippen LogP contribution in [0.2, 0.25) is 0 Å². The molecule has 0 aliphatic rings. The molecule has 3 N–H and O–H groups in total. The second-order valence-corrected chi connectivity index (χ2v) is 4.42. The van der Waals surface area contributed by atoms with Crippen LogP contribution in [0.25, 0.3) is 0 Å². The summed E-state index contributed by atoms with van der Waals surface area (Å²) in [4.78, 5) is 0. The Kier molecular flexibility index (Phi) is 4.63. The highest BCUT2D eigenvalue weighted by molar-refractivity contribution is 5.57. The molecule has 15 heavy (non-hydrogen) atoms. The summed E-state index contributed by atoms with van der Waals surface area (Å²) in [5.41, 5.74) is 9.50. The van der Waals surface area contributed by atoms with Crippen molar-refractivity contribution < 1.29 is 0 Å². The third-order valence-electron chi connectivity index (χ3n) is 2.43. The Balaban J connectivity index is 2.87. The average molecular weight is 206 g/mol. The van der Waals surface area contributed by atoms with Crippen LogP contribution in [0.15, 0.2) is 18.2 Å². The molecule has 0 bridgehead atoms. The first-order valence-electron chi connectivity index (χ1n) is 5.67. The molecule has 0 fully saturated rings. The molecule has 0 aliphatic heterocycles. The first-order valence-corrected chi connectivity index (χ1v) is 5.67. The highest BCUT2D eigenvalue weighted by Gasteiger charge is 2.06. The molecule has 0 saturated heterocycles. The maximum atomic E-state index is 5.52. The summed E-state index contributed by atoms with van der Waals surface area (Å²) in [6.07, 6.45) is 1.12. The Hall–Kier alpha value is -1.02. The summed E-state index contributed by atoms with van der Waals surface area (Å²) in [5, 5.41) is 3.41. The minimum Gasteiger partial charge on any atom is -0.383 e. The summed E-state index contributed by atoms with van der Waals surface area (Å²) in [6, 6.07) is 6.47. The standard InChI is InChI=1S/C13H22N2/c1-10(2)9-12-6-4-5-11(3)13(12)15-8-7-14/h4-6,10,15H,7-9,14H2,1-3H3. The highest BCUT2D eigenvalue weighted by atomic mass is 14.9. The zero-order chi connectivity index (χ0) is 11.3. The topological polar surface area (TPSA) is 38.0 Å². The molecule has 0 radical (unpaired) electrons. The van der Waals surface area contributed by atoms with Crippen LogP contribution in [-0.2, 0) is 6.42 Å². The van der Waals surface area contributed by atoms with Crippen molar-refractivity contribution in [3.63, 3.8) is 0 Å². The average Bonchev–Trinajstić information content (AvgIpc) is 2.16. The summed E-state index contributed by atoms with van der Waals surface area (Å²) in [6.45, 7) is 8.15. The van der Waals surface area contributed by atoms with E-state index >= 15 is 0 Å². The van der Waals surface area contributed by atoms with E-state index < -0.39 is 0 Å². The SMILES string of the molecule is Cc1cccc(CC(C)C)c1NCCN. The Morgan fingerprint density at radius 1 is 1.33 bits per heavy atom. The van der Waals surface area contributed by atoms with Gasteiger partial charge in [-0.1, -0.05) is 32.0 Å². The van der Waals surface area contributed by atoms with E-state index in [0.717, 1.165) is 13.0 Å². The van der Waals surface area contributed by atoms with E-state index in [-0.39, 0.29) is 0 Å². The van der Waals surface area contributed by atoms with Gasteiger partial charge in [0.25, 0.3) is 0 Å². The largest absolute Gasteiger partial charge is 0.383 e. The van der Waals surface area contributed by atoms with Gasteiger partial charge < -0.3 is 11.1 Å². The molecular formula is C13H22N2. The van der Waals surface area contributed by atoms with Crippen LogP contribution in [0.4, 0.5) is 5.69 Å². The van der Waals surface area contributed by atoms with Crippen molar-refractivity contribution in [2.24, 2.45) is 11.7 Å². The van der Waals surface area contributed by atoms with Gasteiger partial charge in [0.05, 0.1) is 0 Å². The highest BCUT2D eigenvalue weighted by Crippen LogP contribution is 2.22. The fourth-order valence-electron chi connectivity index (χ4n) is 1.79. The van der Waals surface area contributed by atoms with Crippen molar-refractivity contribution in [3.8, 4) is 0 Å². The lowest BCUT2D eigenvalue weighted by Gasteiger charge is -2.15. The van der Waals surface area contributed by atoms with Crippen LogP contribution in [0.1, 0.15) is 25.0 Å². The van der Waals surface area contributed by atoms with E-state index in [1.54, 1.807) is 0 Å². The van der Waals surface area contributed by atoms with Crippen LogP contribution in [0.5, 0.6) is 0 Å². The number of hydrogen-bond donors (Lipinski definition) is 2. The number of anilines is 1. The number of nitrogens with two attached hydrogens (primary N) is 1. The number of hydrogen-bond acceptors (Lipinski definition) is 2. The van der Waals surface area contributed by atoms with Crippen molar-refractivity contribution >= 4 is 5.69 Å². The molecule has 0 atom stereocenters. The van der Waals surface area contributed by atoms with Crippen LogP contribution in [0.3, 0.4) is 0 Å². The lowest BCUT2D eigenvalue weighted by molar-refractivity contribution is 0.647. The third kappa shape index (κ3) is 3.56. The molecule has 2 heteroatoms. The number of benzene rings is 1. The van der Waals surface area contributed by atoms with Gasteiger partial charge in [0.2, 0.25) is 0 Å². The Morgan fingerprint density at radius 2 is 2.07 bits per heavy atom. The van der Waals surface area contributed by atoms with Gasteiger partial charge in [0, 0.05) is 18.8 Å². The van der Waals surface area contributed by atoms with Gasteiger partial charge in [0.1, 0.15) is 0 Å². The third-order valence-corrected chi connectivity index (χ3v) is 2.43. The predicted molar refractivity (Wildman–Crippen MR) is 67.3 cm³/mol. The lowest BCUT2D eigenvalue weighted by atomic mass is 9.99. The van der Waals surface area contributed by atoms with E-state index in [1.165, 1.54) is 16.8 Å². The minimum absolute atomic E-state index is 0.676. The molecule has 0 spiro atoms. The molecule has 0 aromatic heterocycles. The van der Waals surface area contributed by atoms with E-state index in [1.807, 2.05) is 0 Å². The van der Waals surface area contributed by atoms with Crippen molar-refractivity contribution in [2.45, 2.75) is 27.2 Å². The zero-order valence-corrected chi connectivity index (χ0v) is 10.0. The molecular weight excluding hydrogens is 184 g/mol. The number of aryl methyl sites for hydroxylation is 1. The van der Waals surface area contributed by atoms with Gasteiger partial charge in [-0.05, 0) is 30.4 Å². The van der Waals surface area contributed by atoms with E-state index in [0.29, 0.717) is 12.5 Å². The van der Waals surface area contributed by atoms with E-state index in [9.17, 15) is 0 Å². The molecule has 0 saturated carbocycles. The van der Waals surface area contributed by atoms with Crippen LogP contribution < -0.4 is 11.1 Å². The first kappa shape index (κ1) is 12.1. The molecule has 1 aromatic rings. The fourth-order valence-corrected chi connectivity index (χ4v) is 1.79. The van der Waals surface area contributed by atoms with Gasteiger partial charge in [-0.25, -0.2) is 0 Å². The molecule has 0 amide bonds. The Morgan fingerprint density at radius 3 is 2.67 bits per heavy atom. The predicted octanol–water partition coefficient (Wildman–Crippen LogP) is 2.56. The smallest absolute Gasteiger partial charge is 0.0402 e. The molecule has 1 aromatic carbocycles. The van der Waals surface area contributed by atoms with Gasteiger partial charge in [0.15, 0.2) is 0 Å². The van der Waals surface area contributed by atoms with Crippen LogP contribution in [-0.4, -0.2) is 13.1 Å². The van der Waals surface area contributed by atoms with Gasteiger partial charge in [-0.15, -0.1) is 0 Å². The monoisotopic (exact) mass is 206 g/mol. The summed E-state index contributed by atoms with van der Waals surface area (Å²) < 4.78 is 0. The van der Waals surface area contributed by atoms with Crippen molar-refractivity contribution in [1.29, 1.82) is 0 Å². The minimum atomic E-state index is 0.676. The summed E-state index contributed by atoms with van der Waals surface area (Å²) >= 11 is 0. The number of nitrogens with one attached hydrogen (secondary N) is 1. The van der Waals surface area contributed by atoms with Crippen molar-refractivity contribution in [3.05, 3.63) is 29.3 Å². The molecule has 84 valence electrons. The van der Waals surface area contributed by atoms with E-state index in [4.69, 9.17) is 5.73 Å². The van der Waals surface area contributed by atoms with E-state index in [2.05, 4.69) is 44.3 Å². The number of rotatable bonds is 5. The lowest BCUT2D eigenvalue weighted by Crippen LogP contribution is -2.15. The first-order chi connectivity index (χ1) is 7.15. The maximum Gasteiger partial charge on any atom is 0.0402 e. The zero-order valence-electron chi connectivity index (χ0n) is 10.0. The van der Waals surface area contributed by atoms with Gasteiger partial charge in [-0.2, -0.15) is 0 Å². The quantitative estimate of drug-likeness (QED) is 0.777. The summed E-state index contributed by atoms with van der Waals surface area (Å²) in [7, 11) is 0.